The van der Waals surface area contributed by atoms with Gasteiger partial charge in [-0.25, -0.2) is 0 Å². The second kappa shape index (κ2) is 12.2. The molecule has 0 fully saturated rings. The van der Waals surface area contributed by atoms with Gasteiger partial charge in [-0.15, -0.1) is 10.2 Å². The fourth-order valence-electron chi connectivity index (χ4n) is 3.59. The lowest BCUT2D eigenvalue weighted by Crippen LogP contribution is -2.34. The van der Waals surface area contributed by atoms with E-state index in [2.05, 4.69) is 79.5 Å². The van der Waals surface area contributed by atoms with Crippen LogP contribution in [0.15, 0.2) is 59.8 Å². The van der Waals surface area contributed by atoms with E-state index in [-0.39, 0.29) is 29.9 Å². The molecule has 7 nitrogen and oxygen atoms in total. The number of nitriles is 2. The Labute approximate surface area is 211 Å². The molecule has 3 rings (SSSR count). The van der Waals surface area contributed by atoms with E-state index in [1.54, 1.807) is 4.90 Å². The fourth-order valence-corrected chi connectivity index (χ4v) is 4.43. The quantitative estimate of drug-likeness (QED) is 0.372. The van der Waals surface area contributed by atoms with Crippen LogP contribution >= 0.6 is 11.8 Å². The second-order valence-corrected chi connectivity index (χ2v) is 10.1. The first-order valence-electron chi connectivity index (χ1n) is 11.6. The van der Waals surface area contributed by atoms with Gasteiger partial charge >= 0.3 is 0 Å². The van der Waals surface area contributed by atoms with Gasteiger partial charge in [-0.05, 0) is 16.5 Å². The van der Waals surface area contributed by atoms with Crippen molar-refractivity contribution < 1.29 is 4.79 Å². The van der Waals surface area contributed by atoms with E-state index < -0.39 is 0 Å². The number of rotatable bonds is 10. The molecule has 0 saturated carbocycles. The van der Waals surface area contributed by atoms with Gasteiger partial charge in [0.2, 0.25) is 5.91 Å². The molecule has 0 aliphatic heterocycles. The molecule has 0 N–H and O–H groups in total. The first kappa shape index (κ1) is 26.0. The number of amides is 1. The molecule has 35 heavy (non-hydrogen) atoms. The summed E-state index contributed by atoms with van der Waals surface area (Å²) >= 11 is 1.32. The number of hydrogen-bond donors (Lipinski definition) is 0. The van der Waals surface area contributed by atoms with Crippen LogP contribution in [0.4, 0.5) is 0 Å². The smallest absolute Gasteiger partial charge is 0.233 e. The summed E-state index contributed by atoms with van der Waals surface area (Å²) in [6, 6.07) is 22.6. The third kappa shape index (κ3) is 7.18. The molecule has 0 aliphatic rings. The molecule has 0 atom stereocenters. The third-order valence-corrected chi connectivity index (χ3v) is 6.53. The monoisotopic (exact) mass is 486 g/mol. The van der Waals surface area contributed by atoms with Gasteiger partial charge in [0.1, 0.15) is 0 Å². The maximum Gasteiger partial charge on any atom is 0.233 e. The normalized spacial score (nSPS) is 11.0. The van der Waals surface area contributed by atoms with Crippen LogP contribution in [-0.4, -0.2) is 44.4 Å². The van der Waals surface area contributed by atoms with Crippen LogP contribution in [-0.2, 0) is 16.8 Å². The zero-order valence-corrected chi connectivity index (χ0v) is 21.3. The first-order valence-corrected chi connectivity index (χ1v) is 12.5. The van der Waals surface area contributed by atoms with E-state index in [1.165, 1.54) is 17.3 Å². The Morgan fingerprint density at radius 2 is 1.60 bits per heavy atom. The predicted octanol–water partition coefficient (Wildman–Crippen LogP) is 5.04. The second-order valence-electron chi connectivity index (χ2n) is 9.19. The van der Waals surface area contributed by atoms with Gasteiger partial charge in [-0.1, -0.05) is 87.1 Å². The first-order chi connectivity index (χ1) is 16.8. The molecule has 0 unspecified atom stereocenters. The van der Waals surface area contributed by atoms with Gasteiger partial charge in [0.15, 0.2) is 11.0 Å². The molecule has 0 bridgehead atoms. The highest BCUT2D eigenvalue weighted by Crippen LogP contribution is 2.28. The van der Waals surface area contributed by atoms with E-state index in [0.717, 1.165) is 17.0 Å². The Hall–Kier alpha value is -3.62. The standard InChI is InChI=1S/C27H30N6OS/c1-27(2,3)23-13-11-22(12-14-23)25-30-31-26(33(25)19-21-9-5-4-6-10-21)35-20-24(34)32(17-7-15-28)18-8-16-29/h4-6,9-14H,7-8,17-20H2,1-3H3. The summed E-state index contributed by atoms with van der Waals surface area (Å²) in [5.41, 5.74) is 3.37. The van der Waals surface area contributed by atoms with E-state index >= 15 is 0 Å². The van der Waals surface area contributed by atoms with Crippen LogP contribution in [0.25, 0.3) is 11.4 Å². The van der Waals surface area contributed by atoms with Crippen molar-refractivity contribution in [2.24, 2.45) is 0 Å². The molecular weight excluding hydrogens is 456 g/mol. The zero-order valence-electron chi connectivity index (χ0n) is 20.4. The van der Waals surface area contributed by atoms with Gasteiger partial charge in [-0.2, -0.15) is 10.5 Å². The molecule has 0 radical (unpaired) electrons. The Kier molecular flexibility index (Phi) is 9.05. The highest BCUT2D eigenvalue weighted by atomic mass is 32.2. The van der Waals surface area contributed by atoms with Crippen LogP contribution in [0.2, 0.25) is 0 Å². The number of aromatic nitrogens is 3. The SMILES string of the molecule is CC(C)(C)c1ccc(-c2nnc(SCC(=O)N(CCC#N)CCC#N)n2Cc2ccccc2)cc1. The average molecular weight is 487 g/mol. The van der Waals surface area contributed by atoms with E-state index in [4.69, 9.17) is 10.5 Å². The van der Waals surface area contributed by atoms with Crippen molar-refractivity contribution in [2.45, 2.75) is 50.7 Å². The van der Waals surface area contributed by atoms with Crippen LogP contribution in [0, 0.1) is 22.7 Å². The Balaban J connectivity index is 1.86. The van der Waals surface area contributed by atoms with Crippen molar-refractivity contribution in [3.63, 3.8) is 0 Å². The Morgan fingerprint density at radius 1 is 0.971 bits per heavy atom. The molecule has 0 spiro atoms. The van der Waals surface area contributed by atoms with Gasteiger partial charge < -0.3 is 4.90 Å². The molecule has 1 heterocycles. The molecule has 0 saturated heterocycles. The van der Waals surface area contributed by atoms with Crippen molar-refractivity contribution in [1.82, 2.24) is 19.7 Å². The van der Waals surface area contributed by atoms with E-state index in [9.17, 15) is 4.79 Å². The summed E-state index contributed by atoms with van der Waals surface area (Å²) in [5, 5.41) is 27.3. The van der Waals surface area contributed by atoms with Crippen LogP contribution < -0.4 is 0 Å². The molecule has 8 heteroatoms. The Bertz CT molecular complexity index is 1180. The Morgan fingerprint density at radius 3 is 2.17 bits per heavy atom. The zero-order chi connectivity index (χ0) is 25.3. The van der Waals surface area contributed by atoms with Gasteiger partial charge in [0.25, 0.3) is 0 Å². The highest BCUT2D eigenvalue weighted by molar-refractivity contribution is 7.99. The number of carbonyl (C=O) groups is 1. The van der Waals surface area contributed by atoms with Crippen LogP contribution in [0.5, 0.6) is 0 Å². The average Bonchev–Trinajstić information content (AvgIpc) is 3.25. The van der Waals surface area contributed by atoms with Crippen LogP contribution in [0.3, 0.4) is 0 Å². The summed E-state index contributed by atoms with van der Waals surface area (Å²) in [7, 11) is 0. The summed E-state index contributed by atoms with van der Waals surface area (Å²) in [6.45, 7) is 7.76. The third-order valence-electron chi connectivity index (χ3n) is 5.57. The minimum atomic E-state index is -0.120. The highest BCUT2D eigenvalue weighted by Gasteiger charge is 2.20. The fraction of sp³-hybridized carbons (Fsp3) is 0.370. The summed E-state index contributed by atoms with van der Waals surface area (Å²) in [5.74, 6) is 0.785. The minimum absolute atomic E-state index is 0.0561. The molecule has 180 valence electrons. The largest absolute Gasteiger partial charge is 0.340 e. The number of hydrogen-bond acceptors (Lipinski definition) is 6. The van der Waals surface area contributed by atoms with Crippen molar-refractivity contribution in [2.75, 3.05) is 18.8 Å². The van der Waals surface area contributed by atoms with E-state index in [1.807, 2.05) is 22.8 Å². The number of thioether (sulfide) groups is 1. The maximum absolute atomic E-state index is 12.8. The molecule has 1 aromatic heterocycles. The molecular formula is C27H30N6OS. The topological polar surface area (TPSA) is 98.6 Å². The van der Waals surface area contributed by atoms with Gasteiger partial charge in [0.05, 0.1) is 37.3 Å². The number of benzene rings is 2. The summed E-state index contributed by atoms with van der Waals surface area (Å²) in [4.78, 5) is 14.4. The van der Waals surface area contributed by atoms with Crippen molar-refractivity contribution in [1.29, 1.82) is 10.5 Å². The van der Waals surface area contributed by atoms with Crippen molar-refractivity contribution >= 4 is 17.7 Å². The molecule has 1 amide bonds. The maximum atomic E-state index is 12.8. The van der Waals surface area contributed by atoms with Crippen LogP contribution in [0.1, 0.15) is 44.7 Å². The summed E-state index contributed by atoms with van der Waals surface area (Å²) < 4.78 is 2.04. The number of nitrogens with zero attached hydrogens (tertiary/aromatic N) is 6. The molecule has 0 aliphatic carbocycles. The predicted molar refractivity (Wildman–Crippen MR) is 137 cm³/mol. The summed E-state index contributed by atoms with van der Waals surface area (Å²) in [6.07, 6.45) is 0.474. The van der Waals surface area contributed by atoms with E-state index in [0.29, 0.717) is 24.8 Å². The van der Waals surface area contributed by atoms with Gasteiger partial charge in [0, 0.05) is 18.7 Å². The lowest BCUT2D eigenvalue weighted by atomic mass is 9.87. The lowest BCUT2D eigenvalue weighted by molar-refractivity contribution is -0.128. The molecule has 3 aromatic rings. The minimum Gasteiger partial charge on any atom is -0.340 e. The van der Waals surface area contributed by atoms with Crippen molar-refractivity contribution in [3.05, 3.63) is 65.7 Å². The lowest BCUT2D eigenvalue weighted by Gasteiger charge is -2.20. The number of carbonyl (C=O) groups excluding carboxylic acids is 1. The molecule has 2 aromatic carbocycles. The van der Waals surface area contributed by atoms with Crippen molar-refractivity contribution in [3.8, 4) is 23.5 Å². The van der Waals surface area contributed by atoms with Gasteiger partial charge in [-0.3, -0.25) is 9.36 Å².